The van der Waals surface area contributed by atoms with Crippen LogP contribution >= 0.6 is 0 Å². The summed E-state index contributed by atoms with van der Waals surface area (Å²) >= 11 is 0. The van der Waals surface area contributed by atoms with Crippen molar-refractivity contribution in [1.82, 2.24) is 9.80 Å². The quantitative estimate of drug-likeness (QED) is 0.732. The zero-order valence-electron chi connectivity index (χ0n) is 18.3. The van der Waals surface area contributed by atoms with Gasteiger partial charge in [0.25, 0.3) is 0 Å². The molecule has 29 heavy (non-hydrogen) atoms. The highest BCUT2D eigenvalue weighted by Crippen LogP contribution is 2.50. The molecule has 2 heterocycles. The van der Waals surface area contributed by atoms with Crippen LogP contribution in [-0.2, 0) is 14.9 Å². The highest BCUT2D eigenvalue weighted by molar-refractivity contribution is 5.91. The van der Waals surface area contributed by atoms with E-state index in [1.165, 1.54) is 0 Å². The average molecular weight is 401 g/mol. The molecule has 0 bridgehead atoms. The van der Waals surface area contributed by atoms with Gasteiger partial charge in [-0.2, -0.15) is 0 Å². The van der Waals surface area contributed by atoms with Gasteiger partial charge in [0.2, 0.25) is 5.91 Å². The Labute approximate surface area is 175 Å². The van der Waals surface area contributed by atoms with Crippen LogP contribution in [0, 0.1) is 0 Å². The zero-order chi connectivity index (χ0) is 20.5. The molecule has 160 valence electrons. The molecule has 0 radical (unpaired) electrons. The Morgan fingerprint density at radius 2 is 1.79 bits per heavy atom. The number of amides is 1. The number of hydrogen-bond donors (Lipinski definition) is 0. The fourth-order valence-corrected chi connectivity index (χ4v) is 5.48. The molecule has 1 aromatic rings. The van der Waals surface area contributed by atoms with Gasteiger partial charge >= 0.3 is 0 Å². The van der Waals surface area contributed by atoms with Crippen LogP contribution in [-0.4, -0.2) is 67.2 Å². The summed E-state index contributed by atoms with van der Waals surface area (Å²) in [5.74, 6) is 1.16. The molecule has 1 aliphatic carbocycles. The molecule has 1 amide bonds. The lowest BCUT2D eigenvalue weighted by Gasteiger charge is -2.48. The van der Waals surface area contributed by atoms with Crippen molar-refractivity contribution in [3.8, 4) is 5.75 Å². The molecule has 3 aliphatic rings. The molecule has 1 spiro atoms. The van der Waals surface area contributed by atoms with E-state index in [9.17, 15) is 4.79 Å². The Kier molecular flexibility index (Phi) is 5.90. The van der Waals surface area contributed by atoms with E-state index < -0.39 is 0 Å². The normalized spacial score (nSPS) is 25.2. The molecule has 2 saturated heterocycles. The number of carbonyl (C=O) groups excluding carboxylic acids is 1. The molecule has 5 heteroatoms. The number of benzene rings is 1. The second kappa shape index (κ2) is 8.27. The van der Waals surface area contributed by atoms with E-state index in [-0.39, 0.29) is 11.0 Å². The van der Waals surface area contributed by atoms with E-state index >= 15 is 0 Å². The number of piperidine rings is 1. The van der Waals surface area contributed by atoms with E-state index in [4.69, 9.17) is 9.47 Å². The third-order valence-electron chi connectivity index (χ3n) is 7.56. The minimum Gasteiger partial charge on any atom is -0.497 e. The Morgan fingerprint density at radius 3 is 2.34 bits per heavy atom. The van der Waals surface area contributed by atoms with Crippen LogP contribution in [0.2, 0.25) is 0 Å². The standard InChI is InChI=1S/C24H36N2O3/c1-4-25(5-2)20-10-17-29-23(18-20)13-15-26(16-14-23)22(27)24(11-12-24)19-6-8-21(28-3)9-7-19/h6-9,20H,4-5,10-18H2,1-3H3. The minimum atomic E-state index is -0.298. The minimum absolute atomic E-state index is 0.0287. The maximum atomic E-state index is 13.4. The van der Waals surface area contributed by atoms with Crippen LogP contribution in [0.3, 0.4) is 0 Å². The molecule has 1 aromatic carbocycles. The number of hydrogen-bond acceptors (Lipinski definition) is 4. The maximum absolute atomic E-state index is 13.4. The summed E-state index contributed by atoms with van der Waals surface area (Å²) in [5.41, 5.74) is 0.812. The number of rotatable bonds is 6. The van der Waals surface area contributed by atoms with Crippen LogP contribution in [0.25, 0.3) is 0 Å². The van der Waals surface area contributed by atoms with E-state index in [0.717, 1.165) is 82.6 Å². The topological polar surface area (TPSA) is 42.0 Å². The number of ether oxygens (including phenoxy) is 2. The first-order chi connectivity index (χ1) is 14.1. The molecule has 4 rings (SSSR count). The molecule has 0 aromatic heterocycles. The second-order valence-corrected chi connectivity index (χ2v) is 9.00. The predicted octanol–water partition coefficient (Wildman–Crippen LogP) is 3.61. The first-order valence-corrected chi connectivity index (χ1v) is 11.4. The van der Waals surface area contributed by atoms with Crippen molar-refractivity contribution >= 4 is 5.91 Å². The van der Waals surface area contributed by atoms with Gasteiger partial charge in [-0.15, -0.1) is 0 Å². The maximum Gasteiger partial charge on any atom is 0.233 e. The van der Waals surface area contributed by atoms with Crippen molar-refractivity contribution in [2.24, 2.45) is 0 Å². The van der Waals surface area contributed by atoms with Crippen molar-refractivity contribution < 1.29 is 14.3 Å². The van der Waals surface area contributed by atoms with Crippen LogP contribution in [0.4, 0.5) is 0 Å². The van der Waals surface area contributed by atoms with Gasteiger partial charge in [0.15, 0.2) is 0 Å². The lowest BCUT2D eigenvalue weighted by molar-refractivity contribution is -0.150. The number of nitrogens with zero attached hydrogens (tertiary/aromatic N) is 2. The average Bonchev–Trinajstić information content (AvgIpc) is 3.57. The highest BCUT2D eigenvalue weighted by atomic mass is 16.5. The van der Waals surface area contributed by atoms with E-state index in [1.54, 1.807) is 7.11 Å². The Morgan fingerprint density at radius 1 is 1.14 bits per heavy atom. The molecule has 1 saturated carbocycles. The molecule has 5 nitrogen and oxygen atoms in total. The first-order valence-electron chi connectivity index (χ1n) is 11.4. The van der Waals surface area contributed by atoms with E-state index in [0.29, 0.717) is 11.9 Å². The monoisotopic (exact) mass is 400 g/mol. The summed E-state index contributed by atoms with van der Waals surface area (Å²) < 4.78 is 11.6. The molecule has 1 atom stereocenters. The zero-order valence-corrected chi connectivity index (χ0v) is 18.3. The van der Waals surface area contributed by atoms with Crippen molar-refractivity contribution in [3.63, 3.8) is 0 Å². The van der Waals surface area contributed by atoms with Gasteiger partial charge in [-0.25, -0.2) is 0 Å². The van der Waals surface area contributed by atoms with Gasteiger partial charge in [-0.1, -0.05) is 26.0 Å². The third kappa shape index (κ3) is 3.91. The van der Waals surface area contributed by atoms with Crippen LogP contribution < -0.4 is 4.74 Å². The molecule has 3 fully saturated rings. The Balaban J connectivity index is 1.39. The Bertz CT molecular complexity index is 701. The van der Waals surface area contributed by atoms with E-state index in [1.807, 2.05) is 12.1 Å². The van der Waals surface area contributed by atoms with E-state index in [2.05, 4.69) is 35.8 Å². The summed E-state index contributed by atoms with van der Waals surface area (Å²) in [4.78, 5) is 18.1. The van der Waals surface area contributed by atoms with Gasteiger partial charge in [-0.05, 0) is 69.3 Å². The summed E-state index contributed by atoms with van der Waals surface area (Å²) in [6, 6.07) is 8.69. The molecular formula is C24H36N2O3. The molecule has 1 unspecified atom stereocenters. The van der Waals surface area contributed by atoms with Crippen molar-refractivity contribution in [1.29, 1.82) is 0 Å². The van der Waals surface area contributed by atoms with Gasteiger partial charge in [0.05, 0.1) is 18.1 Å². The van der Waals surface area contributed by atoms with Gasteiger partial charge in [0.1, 0.15) is 5.75 Å². The first kappa shape index (κ1) is 20.7. The predicted molar refractivity (Wildman–Crippen MR) is 114 cm³/mol. The van der Waals surface area contributed by atoms with Gasteiger partial charge < -0.3 is 19.3 Å². The number of carbonyl (C=O) groups is 1. The van der Waals surface area contributed by atoms with Crippen LogP contribution in [0.15, 0.2) is 24.3 Å². The summed E-state index contributed by atoms with van der Waals surface area (Å²) in [6.07, 6.45) is 6.10. The second-order valence-electron chi connectivity index (χ2n) is 9.00. The van der Waals surface area contributed by atoms with Crippen molar-refractivity contribution in [3.05, 3.63) is 29.8 Å². The largest absolute Gasteiger partial charge is 0.497 e. The highest BCUT2D eigenvalue weighted by Gasteiger charge is 2.54. The van der Waals surface area contributed by atoms with Gasteiger partial charge in [-0.3, -0.25) is 4.79 Å². The van der Waals surface area contributed by atoms with Crippen molar-refractivity contribution in [2.75, 3.05) is 39.9 Å². The molecule has 2 aliphatic heterocycles. The van der Waals surface area contributed by atoms with Gasteiger partial charge in [0, 0.05) is 25.7 Å². The molecular weight excluding hydrogens is 364 g/mol. The summed E-state index contributed by atoms with van der Waals surface area (Å²) in [7, 11) is 1.68. The molecule has 0 N–H and O–H groups in total. The van der Waals surface area contributed by atoms with Crippen LogP contribution in [0.5, 0.6) is 5.75 Å². The number of likely N-dealkylation sites (tertiary alicyclic amines) is 1. The van der Waals surface area contributed by atoms with Crippen LogP contribution in [0.1, 0.15) is 57.9 Å². The Hall–Kier alpha value is -1.59. The fraction of sp³-hybridized carbons (Fsp3) is 0.708. The lowest BCUT2D eigenvalue weighted by Crippen LogP contribution is -2.55. The number of methoxy groups -OCH3 is 1. The summed E-state index contributed by atoms with van der Waals surface area (Å²) in [6.45, 7) is 9.20. The lowest BCUT2D eigenvalue weighted by atomic mass is 9.81. The summed E-state index contributed by atoms with van der Waals surface area (Å²) in [5, 5.41) is 0. The smallest absolute Gasteiger partial charge is 0.233 e. The fourth-order valence-electron chi connectivity index (χ4n) is 5.48. The van der Waals surface area contributed by atoms with Crippen molar-refractivity contribution in [2.45, 2.75) is 69.4 Å². The third-order valence-corrected chi connectivity index (χ3v) is 7.56. The SMILES string of the molecule is CCN(CC)C1CCOC2(CCN(C(=O)C3(c4ccc(OC)cc4)CC3)CC2)C1.